The van der Waals surface area contributed by atoms with Crippen LogP contribution in [0.5, 0.6) is 0 Å². The lowest BCUT2D eigenvalue weighted by atomic mass is 10.3. The molecule has 0 N–H and O–H groups in total. The zero-order chi connectivity index (χ0) is 7.68. The Kier molecular flexibility index (Phi) is 1.18. The van der Waals surface area contributed by atoms with Crippen molar-refractivity contribution in [2.24, 2.45) is 0 Å². The van der Waals surface area contributed by atoms with Crippen molar-refractivity contribution in [1.29, 1.82) is 0 Å². The standard InChI is InChI=1S/C7H4N2O2/c10-4-6-1-5-2-9-11-7(5)3-8-6/h1-4H. The third-order valence-corrected chi connectivity index (χ3v) is 1.38. The monoisotopic (exact) mass is 148 g/mol. The fraction of sp³-hybridized carbons (Fsp3) is 0. The van der Waals surface area contributed by atoms with E-state index in [9.17, 15) is 4.79 Å². The van der Waals surface area contributed by atoms with Crippen LogP contribution >= 0.6 is 0 Å². The molecule has 2 aromatic rings. The first-order valence-corrected chi connectivity index (χ1v) is 3.06. The van der Waals surface area contributed by atoms with Crippen molar-refractivity contribution >= 4 is 17.3 Å². The van der Waals surface area contributed by atoms with Crippen molar-refractivity contribution in [1.82, 2.24) is 10.1 Å². The van der Waals surface area contributed by atoms with Gasteiger partial charge in [0.05, 0.1) is 12.4 Å². The Hall–Kier alpha value is -1.71. The number of nitrogens with zero attached hydrogens (tertiary/aromatic N) is 2. The second-order valence-corrected chi connectivity index (χ2v) is 2.09. The van der Waals surface area contributed by atoms with Gasteiger partial charge in [0.2, 0.25) is 0 Å². The molecule has 0 aliphatic carbocycles. The number of rotatable bonds is 1. The van der Waals surface area contributed by atoms with Crippen LogP contribution in [0, 0.1) is 0 Å². The molecule has 4 nitrogen and oxygen atoms in total. The molecule has 2 heterocycles. The van der Waals surface area contributed by atoms with Gasteiger partial charge in [0.15, 0.2) is 11.9 Å². The summed E-state index contributed by atoms with van der Waals surface area (Å²) in [5.74, 6) is 0. The number of pyridine rings is 1. The Morgan fingerprint density at radius 2 is 2.36 bits per heavy atom. The molecular formula is C7H4N2O2. The molecule has 0 atom stereocenters. The predicted molar refractivity (Wildman–Crippen MR) is 37.2 cm³/mol. The first-order valence-electron chi connectivity index (χ1n) is 3.06. The Morgan fingerprint density at radius 3 is 3.18 bits per heavy atom. The predicted octanol–water partition coefficient (Wildman–Crippen LogP) is 1.04. The van der Waals surface area contributed by atoms with Gasteiger partial charge in [0.1, 0.15) is 5.69 Å². The van der Waals surface area contributed by atoms with Crippen LogP contribution in [0.1, 0.15) is 10.5 Å². The Balaban J connectivity index is 2.76. The zero-order valence-corrected chi connectivity index (χ0v) is 5.52. The highest BCUT2D eigenvalue weighted by Crippen LogP contribution is 2.11. The highest BCUT2D eigenvalue weighted by Gasteiger charge is 1.98. The summed E-state index contributed by atoms with van der Waals surface area (Å²) < 4.78 is 4.79. The van der Waals surface area contributed by atoms with Crippen molar-refractivity contribution < 1.29 is 9.32 Å². The lowest BCUT2D eigenvalue weighted by Crippen LogP contribution is -1.83. The van der Waals surface area contributed by atoms with Gasteiger partial charge in [-0.2, -0.15) is 0 Å². The van der Waals surface area contributed by atoms with E-state index in [-0.39, 0.29) is 0 Å². The van der Waals surface area contributed by atoms with Gasteiger partial charge in [-0.25, -0.2) is 4.98 Å². The van der Waals surface area contributed by atoms with E-state index in [4.69, 9.17) is 4.52 Å². The minimum atomic E-state index is 0.390. The molecule has 0 unspecified atom stereocenters. The third-order valence-electron chi connectivity index (χ3n) is 1.38. The number of fused-ring (bicyclic) bond motifs is 1. The van der Waals surface area contributed by atoms with Crippen molar-refractivity contribution in [3.8, 4) is 0 Å². The summed E-state index contributed by atoms with van der Waals surface area (Å²) in [6, 6.07) is 1.62. The SMILES string of the molecule is O=Cc1cc2cnoc2cn1. The number of hydrogen-bond donors (Lipinski definition) is 0. The first-order chi connectivity index (χ1) is 5.40. The van der Waals surface area contributed by atoms with Crippen LogP contribution in [0.4, 0.5) is 0 Å². The third kappa shape index (κ3) is 0.881. The van der Waals surface area contributed by atoms with Crippen molar-refractivity contribution in [3.63, 3.8) is 0 Å². The average molecular weight is 148 g/mol. The van der Waals surface area contributed by atoms with Gasteiger partial charge >= 0.3 is 0 Å². The Morgan fingerprint density at radius 1 is 1.45 bits per heavy atom. The summed E-state index contributed by atoms with van der Waals surface area (Å²) in [4.78, 5) is 14.1. The second-order valence-electron chi connectivity index (χ2n) is 2.09. The van der Waals surface area contributed by atoms with Gasteiger partial charge in [0, 0.05) is 5.39 Å². The maximum Gasteiger partial charge on any atom is 0.185 e. The molecule has 0 aromatic carbocycles. The van der Waals surface area contributed by atoms with E-state index in [1.165, 1.54) is 6.20 Å². The molecule has 0 bridgehead atoms. The van der Waals surface area contributed by atoms with Gasteiger partial charge in [0.25, 0.3) is 0 Å². The fourth-order valence-electron chi connectivity index (χ4n) is 0.857. The molecule has 54 valence electrons. The Bertz CT molecular complexity index is 394. The quantitative estimate of drug-likeness (QED) is 0.567. The minimum Gasteiger partial charge on any atom is -0.355 e. The van der Waals surface area contributed by atoms with Gasteiger partial charge in [-0.05, 0) is 6.07 Å². The summed E-state index contributed by atoms with van der Waals surface area (Å²) in [7, 11) is 0. The minimum absolute atomic E-state index is 0.390. The van der Waals surface area contributed by atoms with Crippen LogP contribution in [-0.4, -0.2) is 16.4 Å². The molecule has 0 saturated carbocycles. The van der Waals surface area contributed by atoms with E-state index < -0.39 is 0 Å². The van der Waals surface area contributed by atoms with Crippen LogP contribution in [0.3, 0.4) is 0 Å². The normalized spacial score (nSPS) is 10.2. The molecule has 0 radical (unpaired) electrons. The van der Waals surface area contributed by atoms with E-state index in [1.807, 2.05) is 0 Å². The molecule has 4 heteroatoms. The van der Waals surface area contributed by atoms with E-state index >= 15 is 0 Å². The van der Waals surface area contributed by atoms with E-state index in [1.54, 1.807) is 12.3 Å². The Labute approximate surface area is 61.8 Å². The summed E-state index contributed by atoms with van der Waals surface area (Å²) in [6.07, 6.45) is 3.71. The first kappa shape index (κ1) is 6.03. The number of aldehydes is 1. The van der Waals surface area contributed by atoms with Gasteiger partial charge in [-0.3, -0.25) is 4.79 Å². The zero-order valence-electron chi connectivity index (χ0n) is 5.52. The molecule has 11 heavy (non-hydrogen) atoms. The summed E-state index contributed by atoms with van der Waals surface area (Å²) in [5, 5.41) is 4.34. The van der Waals surface area contributed by atoms with Crippen LogP contribution in [0.15, 0.2) is 23.0 Å². The molecule has 2 rings (SSSR count). The number of aromatic nitrogens is 2. The maximum absolute atomic E-state index is 10.3. The van der Waals surface area contributed by atoms with Crippen LogP contribution in [0.2, 0.25) is 0 Å². The number of carbonyl (C=O) groups excluding carboxylic acids is 1. The molecule has 0 spiro atoms. The topological polar surface area (TPSA) is 56.0 Å². The average Bonchev–Trinajstić information content (AvgIpc) is 2.50. The maximum atomic E-state index is 10.3. The van der Waals surface area contributed by atoms with Crippen molar-refractivity contribution in [3.05, 3.63) is 24.2 Å². The van der Waals surface area contributed by atoms with Crippen molar-refractivity contribution in [2.45, 2.75) is 0 Å². The molecular weight excluding hydrogens is 144 g/mol. The number of hydrogen-bond acceptors (Lipinski definition) is 4. The van der Waals surface area contributed by atoms with Gasteiger partial charge < -0.3 is 4.52 Å². The lowest BCUT2D eigenvalue weighted by Gasteiger charge is -1.86. The highest BCUT2D eigenvalue weighted by atomic mass is 16.5. The van der Waals surface area contributed by atoms with Gasteiger partial charge in [-0.1, -0.05) is 5.16 Å². The molecule has 0 aliphatic heterocycles. The fourth-order valence-corrected chi connectivity index (χ4v) is 0.857. The molecule has 0 saturated heterocycles. The van der Waals surface area contributed by atoms with E-state index in [0.29, 0.717) is 17.6 Å². The lowest BCUT2D eigenvalue weighted by molar-refractivity contribution is 0.111. The van der Waals surface area contributed by atoms with Crippen LogP contribution < -0.4 is 0 Å². The number of carbonyl (C=O) groups is 1. The molecule has 2 aromatic heterocycles. The second kappa shape index (κ2) is 2.16. The van der Waals surface area contributed by atoms with E-state index in [2.05, 4.69) is 10.1 Å². The molecule has 0 aliphatic rings. The summed E-state index contributed by atoms with van der Waals surface area (Å²) in [5.41, 5.74) is 0.983. The highest BCUT2D eigenvalue weighted by molar-refractivity contribution is 5.82. The van der Waals surface area contributed by atoms with Crippen LogP contribution in [0.25, 0.3) is 11.0 Å². The van der Waals surface area contributed by atoms with Crippen molar-refractivity contribution in [2.75, 3.05) is 0 Å². The smallest absolute Gasteiger partial charge is 0.185 e. The summed E-state index contributed by atoms with van der Waals surface area (Å²) in [6.45, 7) is 0. The van der Waals surface area contributed by atoms with E-state index in [0.717, 1.165) is 5.39 Å². The molecule has 0 fully saturated rings. The van der Waals surface area contributed by atoms with Crippen LogP contribution in [-0.2, 0) is 0 Å². The summed E-state index contributed by atoms with van der Waals surface area (Å²) >= 11 is 0. The molecule has 0 amide bonds. The largest absolute Gasteiger partial charge is 0.355 e. The van der Waals surface area contributed by atoms with Gasteiger partial charge in [-0.15, -0.1) is 0 Å².